The number of ether oxygens (including phenoxy) is 1. The lowest BCUT2D eigenvalue weighted by atomic mass is 10.0. The summed E-state index contributed by atoms with van der Waals surface area (Å²) in [5.41, 5.74) is 0.496. The van der Waals surface area contributed by atoms with E-state index < -0.39 is 0 Å². The molecule has 1 aromatic carbocycles. The van der Waals surface area contributed by atoms with Crippen molar-refractivity contribution in [3.05, 3.63) is 30.1 Å². The van der Waals surface area contributed by atoms with Crippen LogP contribution in [0.25, 0.3) is 0 Å². The largest absolute Gasteiger partial charge is 0.381 e. The molecule has 86 valence electrons. The molecule has 4 heteroatoms. The van der Waals surface area contributed by atoms with Gasteiger partial charge in [0.05, 0.1) is 12.5 Å². The molecule has 1 aliphatic heterocycles. The number of hydrogen-bond donors (Lipinski definition) is 1. The van der Waals surface area contributed by atoms with Crippen LogP contribution in [0.5, 0.6) is 0 Å². The van der Waals surface area contributed by atoms with Gasteiger partial charge in [0.15, 0.2) is 0 Å². The lowest BCUT2D eigenvalue weighted by Crippen LogP contribution is -2.30. The molecule has 1 atom stereocenters. The van der Waals surface area contributed by atoms with Crippen molar-refractivity contribution in [1.29, 1.82) is 0 Å². The number of carbonyl (C=O) groups is 1. The second-order valence-electron chi connectivity index (χ2n) is 3.91. The Morgan fingerprint density at radius 3 is 3.06 bits per heavy atom. The van der Waals surface area contributed by atoms with Gasteiger partial charge in [0, 0.05) is 12.3 Å². The van der Waals surface area contributed by atoms with Crippen LogP contribution < -0.4 is 5.32 Å². The zero-order valence-electron chi connectivity index (χ0n) is 8.91. The molecule has 16 heavy (non-hydrogen) atoms. The molecule has 1 fully saturated rings. The van der Waals surface area contributed by atoms with E-state index in [2.05, 4.69) is 5.32 Å². The highest BCUT2D eigenvalue weighted by Gasteiger charge is 2.21. The van der Waals surface area contributed by atoms with E-state index in [1.54, 1.807) is 12.1 Å². The SMILES string of the molecule is O=C(Nc1cccc(F)c1)C1CCCOC1. The van der Waals surface area contributed by atoms with Gasteiger partial charge in [0.1, 0.15) is 5.82 Å². The van der Waals surface area contributed by atoms with Crippen molar-refractivity contribution >= 4 is 11.6 Å². The summed E-state index contributed by atoms with van der Waals surface area (Å²) in [6.45, 7) is 1.19. The molecule has 1 heterocycles. The average molecular weight is 223 g/mol. The fraction of sp³-hybridized carbons (Fsp3) is 0.417. The van der Waals surface area contributed by atoms with Gasteiger partial charge in [-0.15, -0.1) is 0 Å². The summed E-state index contributed by atoms with van der Waals surface area (Å²) in [4.78, 5) is 11.8. The summed E-state index contributed by atoms with van der Waals surface area (Å²) in [6.07, 6.45) is 1.74. The molecule has 1 aliphatic rings. The highest BCUT2D eigenvalue weighted by atomic mass is 19.1. The molecule has 1 saturated heterocycles. The van der Waals surface area contributed by atoms with Gasteiger partial charge in [-0.2, -0.15) is 0 Å². The summed E-state index contributed by atoms with van der Waals surface area (Å²) < 4.78 is 18.1. The Morgan fingerprint density at radius 2 is 2.38 bits per heavy atom. The summed E-state index contributed by atoms with van der Waals surface area (Å²) in [7, 11) is 0. The predicted molar refractivity (Wildman–Crippen MR) is 58.6 cm³/mol. The third kappa shape index (κ3) is 2.79. The zero-order valence-corrected chi connectivity index (χ0v) is 8.91. The molecule has 0 saturated carbocycles. The topological polar surface area (TPSA) is 38.3 Å². The minimum Gasteiger partial charge on any atom is -0.381 e. The number of hydrogen-bond acceptors (Lipinski definition) is 2. The van der Waals surface area contributed by atoms with Crippen LogP contribution >= 0.6 is 0 Å². The quantitative estimate of drug-likeness (QED) is 0.834. The van der Waals surface area contributed by atoms with Crippen molar-refractivity contribution in [2.75, 3.05) is 18.5 Å². The molecule has 1 unspecified atom stereocenters. The lowest BCUT2D eigenvalue weighted by molar-refractivity contribution is -0.123. The predicted octanol–water partition coefficient (Wildman–Crippen LogP) is 2.19. The van der Waals surface area contributed by atoms with E-state index >= 15 is 0 Å². The third-order valence-electron chi connectivity index (χ3n) is 2.62. The standard InChI is InChI=1S/C12H14FNO2/c13-10-4-1-5-11(7-10)14-12(15)9-3-2-6-16-8-9/h1,4-5,7,9H,2-3,6,8H2,(H,14,15). The minimum absolute atomic E-state index is 0.0923. The number of halogens is 1. The average Bonchev–Trinajstić information content (AvgIpc) is 2.30. The van der Waals surface area contributed by atoms with Gasteiger partial charge in [-0.1, -0.05) is 6.07 Å². The van der Waals surface area contributed by atoms with E-state index in [1.807, 2.05) is 0 Å². The third-order valence-corrected chi connectivity index (χ3v) is 2.62. The molecule has 1 N–H and O–H groups in total. The van der Waals surface area contributed by atoms with Crippen LogP contribution in [-0.4, -0.2) is 19.1 Å². The molecular weight excluding hydrogens is 209 g/mol. The molecule has 0 radical (unpaired) electrons. The van der Waals surface area contributed by atoms with Crippen LogP contribution in [0.3, 0.4) is 0 Å². The Morgan fingerprint density at radius 1 is 1.50 bits per heavy atom. The van der Waals surface area contributed by atoms with Crippen molar-refractivity contribution in [2.24, 2.45) is 5.92 Å². The van der Waals surface area contributed by atoms with Crippen LogP contribution in [0.2, 0.25) is 0 Å². The lowest BCUT2D eigenvalue weighted by Gasteiger charge is -2.21. The number of anilines is 1. The maximum Gasteiger partial charge on any atom is 0.229 e. The van der Waals surface area contributed by atoms with E-state index in [0.717, 1.165) is 19.4 Å². The number of amides is 1. The first-order valence-corrected chi connectivity index (χ1v) is 5.40. The maximum absolute atomic E-state index is 12.9. The van der Waals surface area contributed by atoms with E-state index in [-0.39, 0.29) is 17.6 Å². The van der Waals surface area contributed by atoms with Crippen molar-refractivity contribution in [1.82, 2.24) is 0 Å². The molecular formula is C12H14FNO2. The Hall–Kier alpha value is -1.42. The van der Waals surface area contributed by atoms with Gasteiger partial charge < -0.3 is 10.1 Å². The Labute approximate surface area is 93.6 Å². The Balaban J connectivity index is 1.96. The number of benzene rings is 1. The van der Waals surface area contributed by atoms with Gasteiger partial charge >= 0.3 is 0 Å². The maximum atomic E-state index is 12.9. The molecule has 0 aromatic heterocycles. The smallest absolute Gasteiger partial charge is 0.229 e. The van der Waals surface area contributed by atoms with Gasteiger partial charge in [-0.3, -0.25) is 4.79 Å². The van der Waals surface area contributed by atoms with E-state index in [4.69, 9.17) is 4.74 Å². The summed E-state index contributed by atoms with van der Waals surface area (Å²) in [5.74, 6) is -0.556. The molecule has 0 bridgehead atoms. The summed E-state index contributed by atoms with van der Waals surface area (Å²) in [5, 5.41) is 2.69. The molecule has 0 spiro atoms. The highest BCUT2D eigenvalue weighted by molar-refractivity contribution is 5.92. The number of nitrogens with one attached hydrogen (secondary N) is 1. The normalized spacial score (nSPS) is 20.4. The van der Waals surface area contributed by atoms with Gasteiger partial charge in [-0.25, -0.2) is 4.39 Å². The fourth-order valence-corrected chi connectivity index (χ4v) is 1.76. The Bertz CT molecular complexity index is 375. The highest BCUT2D eigenvalue weighted by Crippen LogP contribution is 2.16. The minimum atomic E-state index is -0.349. The van der Waals surface area contributed by atoms with E-state index in [9.17, 15) is 9.18 Å². The van der Waals surface area contributed by atoms with Crippen molar-refractivity contribution < 1.29 is 13.9 Å². The monoisotopic (exact) mass is 223 g/mol. The summed E-state index contributed by atoms with van der Waals surface area (Å²) >= 11 is 0. The van der Waals surface area contributed by atoms with E-state index in [1.165, 1.54) is 12.1 Å². The molecule has 0 aliphatic carbocycles. The van der Waals surface area contributed by atoms with Gasteiger partial charge in [0.2, 0.25) is 5.91 Å². The van der Waals surface area contributed by atoms with Gasteiger partial charge in [0.25, 0.3) is 0 Å². The number of rotatable bonds is 2. The first kappa shape index (κ1) is 11.1. The Kier molecular flexibility index (Phi) is 3.51. The van der Waals surface area contributed by atoms with Gasteiger partial charge in [-0.05, 0) is 31.0 Å². The van der Waals surface area contributed by atoms with Crippen molar-refractivity contribution in [3.8, 4) is 0 Å². The van der Waals surface area contributed by atoms with Crippen LogP contribution in [0.15, 0.2) is 24.3 Å². The second-order valence-corrected chi connectivity index (χ2v) is 3.91. The first-order chi connectivity index (χ1) is 7.75. The van der Waals surface area contributed by atoms with Crippen LogP contribution in [-0.2, 0) is 9.53 Å². The van der Waals surface area contributed by atoms with E-state index in [0.29, 0.717) is 12.3 Å². The summed E-state index contributed by atoms with van der Waals surface area (Å²) in [6, 6.07) is 5.90. The molecule has 1 aromatic rings. The van der Waals surface area contributed by atoms with Crippen molar-refractivity contribution in [2.45, 2.75) is 12.8 Å². The van der Waals surface area contributed by atoms with Crippen molar-refractivity contribution in [3.63, 3.8) is 0 Å². The molecule has 3 nitrogen and oxygen atoms in total. The van der Waals surface area contributed by atoms with Crippen LogP contribution in [0.4, 0.5) is 10.1 Å². The number of carbonyl (C=O) groups excluding carboxylic acids is 1. The fourth-order valence-electron chi connectivity index (χ4n) is 1.76. The molecule has 1 amide bonds. The van der Waals surface area contributed by atoms with Crippen LogP contribution in [0, 0.1) is 11.7 Å². The second kappa shape index (κ2) is 5.07. The van der Waals surface area contributed by atoms with Crippen LogP contribution in [0.1, 0.15) is 12.8 Å². The zero-order chi connectivity index (χ0) is 11.4. The first-order valence-electron chi connectivity index (χ1n) is 5.40. The molecule has 2 rings (SSSR count).